The van der Waals surface area contributed by atoms with Gasteiger partial charge in [-0.2, -0.15) is 0 Å². The number of benzene rings is 2. The molecule has 2 atom stereocenters. The smallest absolute Gasteiger partial charge is 0.410 e. The molecule has 0 saturated carbocycles. The second kappa shape index (κ2) is 13.4. The summed E-state index contributed by atoms with van der Waals surface area (Å²) in [5.41, 5.74) is 0.598. The number of likely N-dealkylation sites (tertiary alicyclic amines) is 1. The molecule has 1 aliphatic rings. The van der Waals surface area contributed by atoms with Gasteiger partial charge in [-0.3, -0.25) is 4.79 Å². The third kappa shape index (κ3) is 8.55. The van der Waals surface area contributed by atoms with Crippen molar-refractivity contribution in [1.82, 2.24) is 4.90 Å². The normalized spacial score (nSPS) is 19.9. The largest absolute Gasteiger partial charge is 0.460 e. The van der Waals surface area contributed by atoms with Crippen molar-refractivity contribution in [2.75, 3.05) is 19.7 Å². The van der Waals surface area contributed by atoms with Crippen LogP contribution in [0.15, 0.2) is 73.3 Å². The Labute approximate surface area is 248 Å². The second-order valence-electron chi connectivity index (χ2n) is 13.7. The van der Waals surface area contributed by atoms with E-state index < -0.39 is 19.8 Å². The highest BCUT2D eigenvalue weighted by molar-refractivity contribution is 6.74. The van der Waals surface area contributed by atoms with Crippen LogP contribution in [0, 0.1) is 16.7 Å². The molecule has 3 rings (SSSR count). The van der Waals surface area contributed by atoms with Crippen LogP contribution in [0.2, 0.25) is 18.1 Å². The lowest BCUT2D eigenvalue weighted by atomic mass is 9.65. The molecule has 0 aliphatic carbocycles. The molecule has 1 aliphatic heterocycles. The third-order valence-electron chi connectivity index (χ3n) is 8.93. The van der Waals surface area contributed by atoms with Crippen LogP contribution in [-0.2, 0) is 31.9 Å². The van der Waals surface area contributed by atoms with E-state index >= 15 is 0 Å². The molecule has 1 amide bonds. The molecular formula is C34H49NO5Si. The summed E-state index contributed by atoms with van der Waals surface area (Å²) in [6, 6.07) is 19.3. The van der Waals surface area contributed by atoms with E-state index in [1.54, 1.807) is 11.0 Å². The fourth-order valence-corrected chi connectivity index (χ4v) is 6.17. The number of ether oxygens (including phenoxy) is 2. The van der Waals surface area contributed by atoms with Crippen LogP contribution in [0.4, 0.5) is 4.79 Å². The molecule has 1 heterocycles. The first-order valence-electron chi connectivity index (χ1n) is 14.6. The molecule has 6 nitrogen and oxygen atoms in total. The lowest BCUT2D eigenvalue weighted by molar-refractivity contribution is -0.163. The van der Waals surface area contributed by atoms with Crippen molar-refractivity contribution >= 4 is 20.4 Å². The minimum Gasteiger partial charge on any atom is -0.460 e. The van der Waals surface area contributed by atoms with Gasteiger partial charge in [-0.15, -0.1) is 6.58 Å². The zero-order valence-corrected chi connectivity index (χ0v) is 27.1. The quantitative estimate of drug-likeness (QED) is 0.153. The van der Waals surface area contributed by atoms with Gasteiger partial charge >= 0.3 is 12.1 Å². The van der Waals surface area contributed by atoms with Crippen LogP contribution in [0.25, 0.3) is 0 Å². The number of carbonyl (C=O) groups excluding carboxylic acids is 2. The van der Waals surface area contributed by atoms with Gasteiger partial charge in [0.05, 0.1) is 5.41 Å². The molecule has 1 saturated heterocycles. The Bertz CT molecular complexity index is 1160. The Morgan fingerprint density at radius 1 is 0.951 bits per heavy atom. The van der Waals surface area contributed by atoms with E-state index in [9.17, 15) is 9.59 Å². The number of piperidine rings is 1. The Hall–Kier alpha value is -2.90. The number of rotatable bonds is 11. The molecule has 224 valence electrons. The first kappa shape index (κ1) is 32.6. The molecule has 0 radical (unpaired) electrons. The summed E-state index contributed by atoms with van der Waals surface area (Å²) in [6.07, 6.45) is 2.31. The molecule has 0 bridgehead atoms. The molecular weight excluding hydrogens is 530 g/mol. The first-order chi connectivity index (χ1) is 19.2. The van der Waals surface area contributed by atoms with Crippen molar-refractivity contribution in [2.24, 2.45) is 16.7 Å². The number of esters is 1. The van der Waals surface area contributed by atoms with Crippen LogP contribution in [-0.4, -0.2) is 45.0 Å². The predicted molar refractivity (Wildman–Crippen MR) is 167 cm³/mol. The van der Waals surface area contributed by atoms with E-state index in [2.05, 4.69) is 54.3 Å². The minimum atomic E-state index is -2.00. The molecule has 0 aromatic heterocycles. The van der Waals surface area contributed by atoms with Crippen LogP contribution in [0.1, 0.15) is 58.6 Å². The van der Waals surface area contributed by atoms with E-state index in [-0.39, 0.29) is 42.1 Å². The number of hydrogen-bond donors (Lipinski definition) is 0. The topological polar surface area (TPSA) is 65.1 Å². The lowest BCUT2D eigenvalue weighted by Crippen LogP contribution is -2.57. The maximum Gasteiger partial charge on any atom is 0.410 e. The van der Waals surface area contributed by atoms with Crippen molar-refractivity contribution in [2.45, 2.75) is 78.8 Å². The van der Waals surface area contributed by atoms with Crippen molar-refractivity contribution in [3.05, 3.63) is 84.4 Å². The van der Waals surface area contributed by atoms with Crippen molar-refractivity contribution in [3.63, 3.8) is 0 Å². The predicted octanol–water partition coefficient (Wildman–Crippen LogP) is 8.00. The lowest BCUT2D eigenvalue weighted by Gasteiger charge is -2.49. The van der Waals surface area contributed by atoms with Crippen LogP contribution < -0.4 is 0 Å². The summed E-state index contributed by atoms with van der Waals surface area (Å²) in [5, 5.41) is 0.0801. The first-order valence-corrected chi connectivity index (χ1v) is 17.5. The highest BCUT2D eigenvalue weighted by Gasteiger charge is 2.51. The van der Waals surface area contributed by atoms with Crippen molar-refractivity contribution in [1.29, 1.82) is 0 Å². The minimum absolute atomic E-state index is 0.0190. The Balaban J connectivity index is 1.87. The van der Waals surface area contributed by atoms with Gasteiger partial charge in [0.15, 0.2) is 8.32 Å². The monoisotopic (exact) mass is 579 g/mol. The Morgan fingerprint density at radius 3 is 2.00 bits per heavy atom. The highest BCUT2D eigenvalue weighted by atomic mass is 28.4. The molecule has 0 spiro atoms. The third-order valence-corrected chi connectivity index (χ3v) is 13.4. The fourth-order valence-electron chi connectivity index (χ4n) is 5.00. The number of nitrogens with zero attached hydrogens (tertiary/aromatic N) is 1. The zero-order chi connectivity index (χ0) is 30.3. The summed E-state index contributed by atoms with van der Waals surface area (Å²) in [6.45, 7) is 21.1. The Kier molecular flexibility index (Phi) is 10.6. The van der Waals surface area contributed by atoms with Gasteiger partial charge in [0.1, 0.15) is 13.2 Å². The molecule has 2 aromatic carbocycles. The standard InChI is InChI=1S/C34H49NO5Si/c1-9-20-34(30(36)38-23-27-16-12-10-13-17-27)21-29(33(5,6)26-40-41(7,8)32(2,3)4)22-35(25-34)31(37)39-24-28-18-14-11-15-19-28/h9-19,29H,1,20-26H2,2-8H3. The zero-order valence-electron chi connectivity index (χ0n) is 26.1. The molecule has 2 unspecified atom stereocenters. The molecule has 41 heavy (non-hydrogen) atoms. The fraction of sp³-hybridized carbons (Fsp3) is 0.529. The van der Waals surface area contributed by atoms with E-state index in [0.717, 1.165) is 11.1 Å². The van der Waals surface area contributed by atoms with Gasteiger partial charge in [0, 0.05) is 19.7 Å². The van der Waals surface area contributed by atoms with E-state index in [1.165, 1.54) is 0 Å². The summed E-state index contributed by atoms with van der Waals surface area (Å²) < 4.78 is 18.3. The molecule has 7 heteroatoms. The number of carbonyl (C=O) groups is 2. The number of hydrogen-bond acceptors (Lipinski definition) is 5. The summed E-state index contributed by atoms with van der Waals surface area (Å²) in [4.78, 5) is 29.1. The van der Waals surface area contributed by atoms with E-state index in [0.29, 0.717) is 26.0 Å². The van der Waals surface area contributed by atoms with Crippen LogP contribution in [0.3, 0.4) is 0 Å². The van der Waals surface area contributed by atoms with Crippen molar-refractivity contribution < 1.29 is 23.5 Å². The molecule has 0 N–H and O–H groups in total. The number of amides is 1. The second-order valence-corrected chi connectivity index (χ2v) is 18.5. The highest BCUT2D eigenvalue weighted by Crippen LogP contribution is 2.46. The van der Waals surface area contributed by atoms with E-state index in [4.69, 9.17) is 13.9 Å². The summed E-state index contributed by atoms with van der Waals surface area (Å²) >= 11 is 0. The number of allylic oxidation sites excluding steroid dienone is 1. The van der Waals surface area contributed by atoms with Gasteiger partial charge < -0.3 is 18.8 Å². The molecule has 2 aromatic rings. The van der Waals surface area contributed by atoms with Crippen LogP contribution >= 0.6 is 0 Å². The summed E-state index contributed by atoms with van der Waals surface area (Å²) in [5.74, 6) is -0.331. The van der Waals surface area contributed by atoms with Crippen LogP contribution in [0.5, 0.6) is 0 Å². The van der Waals surface area contributed by atoms with Gasteiger partial charge in [0.25, 0.3) is 0 Å². The summed E-state index contributed by atoms with van der Waals surface area (Å²) in [7, 11) is -2.00. The molecule has 1 fully saturated rings. The van der Waals surface area contributed by atoms with Gasteiger partial charge in [0.2, 0.25) is 0 Å². The van der Waals surface area contributed by atoms with Crippen molar-refractivity contribution in [3.8, 4) is 0 Å². The SMILES string of the molecule is C=CCC1(C(=O)OCc2ccccc2)CC(C(C)(C)CO[Si](C)(C)C(C)(C)C)CN(C(=O)OCc2ccccc2)C1. The van der Waals surface area contributed by atoms with Gasteiger partial charge in [-0.05, 0) is 53.4 Å². The average Bonchev–Trinajstić information content (AvgIpc) is 2.94. The maximum absolute atomic E-state index is 13.9. The van der Waals surface area contributed by atoms with Gasteiger partial charge in [-0.1, -0.05) is 101 Å². The Morgan fingerprint density at radius 2 is 1.49 bits per heavy atom. The van der Waals surface area contributed by atoms with Gasteiger partial charge in [-0.25, -0.2) is 4.79 Å². The average molecular weight is 580 g/mol. The van der Waals surface area contributed by atoms with E-state index in [1.807, 2.05) is 60.7 Å². The maximum atomic E-state index is 13.9.